The molecule has 0 saturated heterocycles. The van der Waals surface area contributed by atoms with Crippen LogP contribution in [0.2, 0.25) is 5.02 Å². The molecular formula is C20H20ClNOS. The van der Waals surface area contributed by atoms with Crippen molar-refractivity contribution in [3.8, 4) is 16.3 Å². The molecule has 0 aliphatic heterocycles. The Morgan fingerprint density at radius 3 is 2.46 bits per heavy atom. The van der Waals surface area contributed by atoms with Gasteiger partial charge in [0.1, 0.15) is 17.4 Å². The second-order valence-corrected chi connectivity index (χ2v) is 7.97. The van der Waals surface area contributed by atoms with Crippen molar-refractivity contribution in [2.75, 3.05) is 0 Å². The third kappa shape index (κ3) is 3.97. The number of hydrogen-bond acceptors (Lipinski definition) is 3. The fourth-order valence-corrected chi connectivity index (χ4v) is 3.52. The van der Waals surface area contributed by atoms with Crippen LogP contribution in [0.1, 0.15) is 32.0 Å². The van der Waals surface area contributed by atoms with Crippen molar-refractivity contribution in [1.82, 2.24) is 4.98 Å². The van der Waals surface area contributed by atoms with Crippen molar-refractivity contribution in [1.29, 1.82) is 0 Å². The number of nitrogens with zero attached hydrogens (tertiary/aromatic N) is 1. The third-order valence-electron chi connectivity index (χ3n) is 3.69. The lowest BCUT2D eigenvalue weighted by Crippen LogP contribution is -2.11. The molecule has 2 nitrogen and oxygen atoms in total. The zero-order valence-electron chi connectivity index (χ0n) is 14.0. The molecule has 0 amide bonds. The van der Waals surface area contributed by atoms with Crippen molar-refractivity contribution < 1.29 is 4.74 Å². The quantitative estimate of drug-likeness (QED) is 0.543. The molecule has 0 aliphatic carbocycles. The van der Waals surface area contributed by atoms with Crippen LogP contribution in [-0.2, 0) is 12.0 Å². The largest absolute Gasteiger partial charge is 0.487 e. The Hall–Kier alpha value is -1.84. The van der Waals surface area contributed by atoms with Crippen LogP contribution in [0.25, 0.3) is 10.6 Å². The molecule has 24 heavy (non-hydrogen) atoms. The Balaban J connectivity index is 1.76. The smallest absolute Gasteiger partial charge is 0.138 e. The summed E-state index contributed by atoms with van der Waals surface area (Å²) < 4.78 is 5.82. The second-order valence-electron chi connectivity index (χ2n) is 6.71. The highest BCUT2D eigenvalue weighted by Gasteiger charge is 2.18. The summed E-state index contributed by atoms with van der Waals surface area (Å²) in [6, 6.07) is 15.9. The van der Waals surface area contributed by atoms with E-state index >= 15 is 0 Å². The van der Waals surface area contributed by atoms with Gasteiger partial charge in [0.2, 0.25) is 0 Å². The van der Waals surface area contributed by atoms with E-state index in [9.17, 15) is 0 Å². The Kier molecular flexibility index (Phi) is 4.93. The van der Waals surface area contributed by atoms with Crippen LogP contribution in [0.15, 0.2) is 53.9 Å². The van der Waals surface area contributed by atoms with Crippen LogP contribution >= 0.6 is 22.9 Å². The first-order valence-corrected chi connectivity index (χ1v) is 9.12. The van der Waals surface area contributed by atoms with Crippen LogP contribution in [0, 0.1) is 0 Å². The molecule has 3 rings (SSSR count). The Labute approximate surface area is 152 Å². The molecule has 0 atom stereocenters. The molecule has 0 unspecified atom stereocenters. The maximum absolute atomic E-state index is 6.39. The maximum Gasteiger partial charge on any atom is 0.138 e. The minimum absolute atomic E-state index is 0.0529. The third-order valence-corrected chi connectivity index (χ3v) is 4.88. The minimum atomic E-state index is 0.0529. The lowest BCUT2D eigenvalue weighted by molar-refractivity contribution is 0.306. The first kappa shape index (κ1) is 17.0. The van der Waals surface area contributed by atoms with E-state index in [1.807, 2.05) is 48.5 Å². The molecule has 2 aromatic carbocycles. The normalized spacial score (nSPS) is 11.5. The number of aromatic nitrogens is 1. The summed E-state index contributed by atoms with van der Waals surface area (Å²) in [5.41, 5.74) is 3.29. The minimum Gasteiger partial charge on any atom is -0.487 e. The van der Waals surface area contributed by atoms with E-state index < -0.39 is 0 Å². The summed E-state index contributed by atoms with van der Waals surface area (Å²) in [7, 11) is 0. The van der Waals surface area contributed by atoms with E-state index in [2.05, 4.69) is 26.2 Å². The summed E-state index contributed by atoms with van der Waals surface area (Å²) in [4.78, 5) is 4.74. The summed E-state index contributed by atoms with van der Waals surface area (Å²) >= 11 is 8.04. The van der Waals surface area contributed by atoms with E-state index in [0.29, 0.717) is 17.4 Å². The van der Waals surface area contributed by atoms with Gasteiger partial charge in [-0.2, -0.15) is 0 Å². The van der Waals surface area contributed by atoms with Crippen molar-refractivity contribution in [2.24, 2.45) is 0 Å². The average Bonchev–Trinajstić information content (AvgIpc) is 3.05. The van der Waals surface area contributed by atoms with Gasteiger partial charge in [0, 0.05) is 16.4 Å². The Morgan fingerprint density at radius 2 is 1.83 bits per heavy atom. The lowest BCUT2D eigenvalue weighted by atomic mass is 9.93. The van der Waals surface area contributed by atoms with Crippen molar-refractivity contribution in [2.45, 2.75) is 32.8 Å². The molecule has 0 fully saturated rings. The van der Waals surface area contributed by atoms with E-state index in [-0.39, 0.29) is 5.41 Å². The van der Waals surface area contributed by atoms with Crippen LogP contribution in [-0.4, -0.2) is 4.98 Å². The number of hydrogen-bond donors (Lipinski definition) is 0. The fourth-order valence-electron chi connectivity index (χ4n) is 2.24. The van der Waals surface area contributed by atoms with Gasteiger partial charge in [0.15, 0.2) is 0 Å². The molecule has 1 heterocycles. The first-order valence-electron chi connectivity index (χ1n) is 7.86. The molecular weight excluding hydrogens is 338 g/mol. The van der Waals surface area contributed by atoms with Crippen LogP contribution in [0.3, 0.4) is 0 Å². The average molecular weight is 358 g/mol. The summed E-state index contributed by atoms with van der Waals surface area (Å²) in [6.07, 6.45) is 0. The van der Waals surface area contributed by atoms with Crippen LogP contribution in [0.4, 0.5) is 0 Å². The van der Waals surface area contributed by atoms with Crippen LogP contribution < -0.4 is 4.74 Å². The molecule has 0 saturated carbocycles. The second kappa shape index (κ2) is 6.96. The molecule has 0 bridgehead atoms. The molecule has 4 heteroatoms. The molecule has 3 aromatic rings. The molecule has 1 aromatic heterocycles. The predicted molar refractivity (Wildman–Crippen MR) is 102 cm³/mol. The summed E-state index contributed by atoms with van der Waals surface area (Å²) in [6.45, 7) is 7.00. The maximum atomic E-state index is 6.39. The number of benzene rings is 2. The molecule has 0 aliphatic rings. The SMILES string of the molecule is CC(C)(C)c1csc(-c2ccc(OCc3ccccc3)c(Cl)c2)n1. The van der Waals surface area contributed by atoms with Gasteiger partial charge in [-0.15, -0.1) is 11.3 Å². The lowest BCUT2D eigenvalue weighted by Gasteiger charge is -2.14. The fraction of sp³-hybridized carbons (Fsp3) is 0.250. The molecule has 124 valence electrons. The van der Waals surface area contributed by atoms with Crippen molar-refractivity contribution in [3.05, 3.63) is 70.2 Å². The molecule has 0 N–H and O–H groups in total. The van der Waals surface area contributed by atoms with E-state index in [4.69, 9.17) is 21.3 Å². The molecule has 0 spiro atoms. The Bertz CT molecular complexity index is 821. The topological polar surface area (TPSA) is 22.1 Å². The highest BCUT2D eigenvalue weighted by Crippen LogP contribution is 2.34. The summed E-state index contributed by atoms with van der Waals surface area (Å²) in [5, 5.41) is 3.70. The number of halogens is 1. The monoisotopic (exact) mass is 357 g/mol. The highest BCUT2D eigenvalue weighted by atomic mass is 35.5. The zero-order valence-corrected chi connectivity index (χ0v) is 15.6. The van der Waals surface area contributed by atoms with Gasteiger partial charge in [-0.3, -0.25) is 0 Å². The van der Waals surface area contributed by atoms with Gasteiger partial charge < -0.3 is 4.74 Å². The van der Waals surface area contributed by atoms with E-state index in [1.54, 1.807) is 11.3 Å². The number of thiazole rings is 1. The van der Waals surface area contributed by atoms with E-state index in [1.165, 1.54) is 0 Å². The van der Waals surface area contributed by atoms with Gasteiger partial charge in [0.25, 0.3) is 0 Å². The van der Waals surface area contributed by atoms with Gasteiger partial charge in [-0.1, -0.05) is 62.7 Å². The van der Waals surface area contributed by atoms with Gasteiger partial charge in [-0.25, -0.2) is 4.98 Å². The summed E-state index contributed by atoms with van der Waals surface area (Å²) in [5.74, 6) is 0.692. The van der Waals surface area contributed by atoms with Gasteiger partial charge in [-0.05, 0) is 23.8 Å². The highest BCUT2D eigenvalue weighted by molar-refractivity contribution is 7.13. The number of ether oxygens (including phenoxy) is 1. The van der Waals surface area contributed by atoms with Gasteiger partial charge in [0.05, 0.1) is 10.7 Å². The molecule has 0 radical (unpaired) electrons. The Morgan fingerprint density at radius 1 is 1.08 bits per heavy atom. The van der Waals surface area contributed by atoms with Crippen LogP contribution in [0.5, 0.6) is 5.75 Å². The van der Waals surface area contributed by atoms with Crippen molar-refractivity contribution >= 4 is 22.9 Å². The zero-order chi connectivity index (χ0) is 17.2. The van der Waals surface area contributed by atoms with Gasteiger partial charge >= 0.3 is 0 Å². The first-order chi connectivity index (χ1) is 11.4. The van der Waals surface area contributed by atoms with Crippen molar-refractivity contribution in [3.63, 3.8) is 0 Å². The number of rotatable bonds is 4. The predicted octanol–water partition coefficient (Wildman–Crippen LogP) is 6.34. The standard InChI is InChI=1S/C20H20ClNOS/c1-20(2,3)18-13-24-19(22-18)15-9-10-17(16(21)11-15)23-12-14-7-5-4-6-8-14/h4-11,13H,12H2,1-3H3. The van der Waals surface area contributed by atoms with E-state index in [0.717, 1.165) is 21.8 Å².